The summed E-state index contributed by atoms with van der Waals surface area (Å²) in [6, 6.07) is -1.36. The Balaban J connectivity index is 3.65. The molecule has 0 aromatic heterocycles. The molecule has 0 bridgehead atoms. The Morgan fingerprint density at radius 3 is 1.50 bits per heavy atom. The summed E-state index contributed by atoms with van der Waals surface area (Å²) >= 11 is 0. The summed E-state index contributed by atoms with van der Waals surface area (Å²) in [7, 11) is 0. The lowest BCUT2D eigenvalue weighted by Gasteiger charge is -2.14. The van der Waals surface area contributed by atoms with Crippen molar-refractivity contribution in [1.29, 1.82) is 0 Å². The minimum Gasteiger partial charge on any atom is -0.481 e. The first-order valence-electron chi connectivity index (χ1n) is 16.3. The van der Waals surface area contributed by atoms with Crippen LogP contribution in [0.2, 0.25) is 0 Å². The lowest BCUT2D eigenvalue weighted by atomic mass is 10.0. The maximum atomic E-state index is 12.2. The zero-order chi connectivity index (χ0) is 31.3. The molecule has 11 heteroatoms. The van der Waals surface area contributed by atoms with Crippen molar-refractivity contribution in [2.45, 2.75) is 160 Å². The second-order valence-corrected chi connectivity index (χ2v) is 11.3. The largest absolute Gasteiger partial charge is 0.481 e. The number of quaternary nitrogens is 1. The van der Waals surface area contributed by atoms with Gasteiger partial charge in [0.25, 0.3) is 0 Å². The van der Waals surface area contributed by atoms with E-state index < -0.39 is 18.0 Å². The average Bonchev–Trinajstić information content (AvgIpc) is 2.96. The van der Waals surface area contributed by atoms with E-state index in [9.17, 15) is 29.1 Å². The summed E-state index contributed by atoms with van der Waals surface area (Å²) in [5, 5.41) is 23.3. The number of rotatable bonds is 31. The van der Waals surface area contributed by atoms with Gasteiger partial charge in [-0.1, -0.05) is 89.9 Å². The van der Waals surface area contributed by atoms with Crippen molar-refractivity contribution in [3.8, 4) is 0 Å². The second kappa shape index (κ2) is 28.6. The monoisotopic (exact) mass is 599 g/mol. The number of carbonyl (C=O) groups is 5. The first-order valence-corrected chi connectivity index (χ1v) is 16.3. The van der Waals surface area contributed by atoms with Gasteiger partial charge in [-0.2, -0.15) is 5.43 Å². The number of carbonyl (C=O) groups excluding carboxylic acids is 3. The van der Waals surface area contributed by atoms with E-state index >= 15 is 0 Å². The van der Waals surface area contributed by atoms with E-state index in [-0.39, 0.29) is 30.7 Å². The molecule has 42 heavy (non-hydrogen) atoms. The van der Waals surface area contributed by atoms with Crippen LogP contribution in [-0.4, -0.2) is 58.9 Å². The van der Waals surface area contributed by atoms with E-state index in [1.807, 2.05) is 0 Å². The number of unbranched alkanes of at least 4 members (excludes halogenated alkanes) is 16. The van der Waals surface area contributed by atoms with Crippen LogP contribution in [0, 0.1) is 0 Å². The molecule has 8 N–H and O–H groups in total. The predicted octanol–water partition coefficient (Wildman–Crippen LogP) is 4.04. The Morgan fingerprint density at radius 1 is 0.595 bits per heavy atom. The molecule has 0 saturated carbocycles. The van der Waals surface area contributed by atoms with Gasteiger partial charge in [-0.25, -0.2) is 4.79 Å². The van der Waals surface area contributed by atoms with Gasteiger partial charge in [0.15, 0.2) is 0 Å². The maximum absolute atomic E-state index is 12.2. The first kappa shape index (κ1) is 39.5. The highest BCUT2D eigenvalue weighted by Gasteiger charge is 2.20. The fourth-order valence-electron chi connectivity index (χ4n) is 4.86. The highest BCUT2D eigenvalue weighted by molar-refractivity contribution is 5.84. The molecule has 0 aromatic rings. The van der Waals surface area contributed by atoms with E-state index in [1.165, 1.54) is 57.8 Å². The topological polar surface area (TPSA) is 190 Å². The fraction of sp³-hybridized carbons (Fsp3) is 0.839. The molecular formula is C31H59N4O7+. The number of nitrogens with one attached hydrogen (secondary N) is 3. The van der Waals surface area contributed by atoms with Crippen LogP contribution in [0.4, 0.5) is 0 Å². The predicted molar refractivity (Wildman–Crippen MR) is 162 cm³/mol. The van der Waals surface area contributed by atoms with Gasteiger partial charge in [0.05, 0.1) is 0 Å². The first-order chi connectivity index (χ1) is 20.3. The molecule has 11 nitrogen and oxygen atoms in total. The van der Waals surface area contributed by atoms with Crippen molar-refractivity contribution in [2.75, 3.05) is 6.54 Å². The summed E-state index contributed by atoms with van der Waals surface area (Å²) in [6.45, 7) is 0.451. The SMILES string of the molecule is [NH3+]NC(C=O)CCCCNC(=O)CC[C@H](NC(=O)CCCCCCCCCCCCCCCCCCC(=O)O)C(=O)O. The number of amides is 2. The Hall–Kier alpha value is -2.53. The van der Waals surface area contributed by atoms with E-state index in [1.54, 1.807) is 0 Å². The molecule has 2 amide bonds. The number of hydrogen-bond acceptors (Lipinski definition) is 6. The lowest BCUT2D eigenvalue weighted by molar-refractivity contribution is -0.448. The Bertz CT molecular complexity index is 736. The van der Waals surface area contributed by atoms with Crippen molar-refractivity contribution in [3.63, 3.8) is 0 Å². The fourth-order valence-corrected chi connectivity index (χ4v) is 4.86. The van der Waals surface area contributed by atoms with Crippen LogP contribution in [0.15, 0.2) is 0 Å². The zero-order valence-electron chi connectivity index (χ0n) is 25.8. The smallest absolute Gasteiger partial charge is 0.326 e. The third-order valence-electron chi connectivity index (χ3n) is 7.53. The molecule has 0 aromatic carbocycles. The zero-order valence-corrected chi connectivity index (χ0v) is 25.8. The molecule has 2 atom stereocenters. The third-order valence-corrected chi connectivity index (χ3v) is 7.53. The highest BCUT2D eigenvalue weighted by Crippen LogP contribution is 2.14. The number of carboxylic acid groups (broad SMARTS) is 2. The molecule has 0 rings (SSSR count). The lowest BCUT2D eigenvalue weighted by Crippen LogP contribution is -2.69. The molecule has 0 aliphatic carbocycles. The molecule has 0 spiro atoms. The van der Waals surface area contributed by atoms with Gasteiger partial charge in [0, 0.05) is 25.8 Å². The van der Waals surface area contributed by atoms with Gasteiger partial charge < -0.3 is 25.6 Å². The van der Waals surface area contributed by atoms with Crippen LogP contribution in [-0.2, 0) is 24.0 Å². The van der Waals surface area contributed by atoms with Crippen LogP contribution in [0.25, 0.3) is 0 Å². The van der Waals surface area contributed by atoms with Crippen LogP contribution < -0.4 is 21.9 Å². The summed E-state index contributed by atoms with van der Waals surface area (Å²) in [5.41, 5.74) is 2.65. The normalized spacial score (nSPS) is 12.4. The van der Waals surface area contributed by atoms with Crippen LogP contribution in [0.3, 0.4) is 0 Å². The molecule has 0 fully saturated rings. The van der Waals surface area contributed by atoms with Crippen molar-refractivity contribution in [1.82, 2.24) is 16.1 Å². The highest BCUT2D eigenvalue weighted by atomic mass is 16.4. The standard InChI is InChI=1S/C31H58N4O7/c32-35-26(25-36)19-17-18-24-33-28(37)23-22-27(31(41)42)34-29(38)20-15-13-11-9-7-5-3-1-2-4-6-8-10-12-14-16-21-30(39)40/h25-27,35H,1-24,32H2,(H,33,37)(H,34,38)(H,39,40)(H,41,42)/p+1/t26?,27-/m0/s1. The average molecular weight is 600 g/mol. The van der Waals surface area contributed by atoms with Crippen LogP contribution >= 0.6 is 0 Å². The van der Waals surface area contributed by atoms with Gasteiger partial charge in [-0.3, -0.25) is 20.2 Å². The maximum Gasteiger partial charge on any atom is 0.326 e. The van der Waals surface area contributed by atoms with E-state index in [4.69, 9.17) is 5.11 Å². The Kier molecular flexibility index (Phi) is 26.9. The summed E-state index contributed by atoms with van der Waals surface area (Å²) in [5.74, 6) is 1.10. The third kappa shape index (κ3) is 26.4. The molecule has 244 valence electrons. The van der Waals surface area contributed by atoms with Gasteiger partial charge in [-0.05, 0) is 38.5 Å². The molecule has 0 aliphatic heterocycles. The number of aliphatic carboxylic acids is 2. The van der Waals surface area contributed by atoms with Gasteiger partial charge in [0.2, 0.25) is 11.8 Å². The number of carboxylic acids is 2. The Labute approximate surface area is 252 Å². The summed E-state index contributed by atoms with van der Waals surface area (Å²) in [6.07, 6.45) is 21.7. The van der Waals surface area contributed by atoms with Crippen molar-refractivity contribution < 1.29 is 40.0 Å². The van der Waals surface area contributed by atoms with Crippen LogP contribution in [0.1, 0.15) is 148 Å². The van der Waals surface area contributed by atoms with E-state index in [0.29, 0.717) is 32.2 Å². The van der Waals surface area contributed by atoms with Crippen molar-refractivity contribution in [2.24, 2.45) is 0 Å². The van der Waals surface area contributed by atoms with Crippen LogP contribution in [0.5, 0.6) is 0 Å². The molecular weight excluding hydrogens is 540 g/mol. The van der Waals surface area contributed by atoms with Gasteiger partial charge in [0.1, 0.15) is 18.4 Å². The molecule has 0 saturated heterocycles. The second-order valence-electron chi connectivity index (χ2n) is 11.3. The number of hydrogen-bond donors (Lipinski definition) is 6. The quantitative estimate of drug-likeness (QED) is 0.0391. The van der Waals surface area contributed by atoms with E-state index in [2.05, 4.69) is 21.9 Å². The van der Waals surface area contributed by atoms with Crippen molar-refractivity contribution >= 4 is 30.0 Å². The Morgan fingerprint density at radius 2 is 1.07 bits per heavy atom. The summed E-state index contributed by atoms with van der Waals surface area (Å²) < 4.78 is 0. The minimum absolute atomic E-state index is 0.0201. The molecule has 0 aliphatic rings. The molecule has 0 heterocycles. The van der Waals surface area contributed by atoms with Crippen molar-refractivity contribution in [3.05, 3.63) is 0 Å². The number of aldehydes is 1. The molecule has 0 radical (unpaired) electrons. The van der Waals surface area contributed by atoms with Gasteiger partial charge >= 0.3 is 11.9 Å². The molecule has 1 unspecified atom stereocenters. The minimum atomic E-state index is -1.14. The van der Waals surface area contributed by atoms with E-state index in [0.717, 1.165) is 57.7 Å². The summed E-state index contributed by atoms with van der Waals surface area (Å²) in [4.78, 5) is 56.9. The van der Waals surface area contributed by atoms with Gasteiger partial charge in [-0.15, -0.1) is 0 Å².